The third kappa shape index (κ3) is 5.13. The van der Waals surface area contributed by atoms with E-state index in [4.69, 9.17) is 9.47 Å². The topological polar surface area (TPSA) is 84.9 Å². The van der Waals surface area contributed by atoms with Gasteiger partial charge in [0.05, 0.1) is 18.7 Å². The molecule has 0 aromatic heterocycles. The molecular formula is C25H22N2O5. The van der Waals surface area contributed by atoms with Crippen molar-refractivity contribution in [3.8, 4) is 11.5 Å². The summed E-state index contributed by atoms with van der Waals surface area (Å²) in [6, 6.07) is 22.7. The van der Waals surface area contributed by atoms with Crippen molar-refractivity contribution in [3.05, 3.63) is 84.4 Å². The van der Waals surface area contributed by atoms with E-state index in [0.717, 1.165) is 0 Å². The third-order valence-electron chi connectivity index (χ3n) is 4.95. The number of para-hydroxylation sites is 2. The fourth-order valence-corrected chi connectivity index (χ4v) is 3.35. The molecule has 3 aromatic carbocycles. The molecule has 0 spiro atoms. The standard InChI is InChI=1S/C25H22N2O5/c28-23(27-16-17-31-22-9-5-4-8-21(22)27)14-15-24(29)32-20-12-10-19(11-13-20)26-25(30)18-6-2-1-3-7-18/h1-13H,14-17H2,(H,26,30). The second-order valence-electron chi connectivity index (χ2n) is 7.18. The highest BCUT2D eigenvalue weighted by Crippen LogP contribution is 2.31. The van der Waals surface area contributed by atoms with E-state index in [-0.39, 0.29) is 24.7 Å². The summed E-state index contributed by atoms with van der Waals surface area (Å²) in [4.78, 5) is 38.6. The van der Waals surface area contributed by atoms with Gasteiger partial charge in [0.1, 0.15) is 18.1 Å². The maximum Gasteiger partial charge on any atom is 0.311 e. The van der Waals surface area contributed by atoms with Crippen LogP contribution in [0.4, 0.5) is 11.4 Å². The van der Waals surface area contributed by atoms with Crippen molar-refractivity contribution >= 4 is 29.2 Å². The summed E-state index contributed by atoms with van der Waals surface area (Å²) in [5, 5.41) is 2.78. The molecule has 0 fully saturated rings. The van der Waals surface area contributed by atoms with E-state index in [2.05, 4.69) is 5.32 Å². The second kappa shape index (κ2) is 9.78. The molecule has 1 aliphatic heterocycles. The largest absolute Gasteiger partial charge is 0.490 e. The number of carbonyl (C=O) groups is 3. The lowest BCUT2D eigenvalue weighted by Crippen LogP contribution is -2.38. The van der Waals surface area contributed by atoms with Crippen LogP contribution in [0, 0.1) is 0 Å². The van der Waals surface area contributed by atoms with Crippen molar-refractivity contribution in [1.82, 2.24) is 0 Å². The van der Waals surface area contributed by atoms with Gasteiger partial charge in [-0.1, -0.05) is 30.3 Å². The monoisotopic (exact) mass is 430 g/mol. The van der Waals surface area contributed by atoms with Crippen LogP contribution in [0.25, 0.3) is 0 Å². The van der Waals surface area contributed by atoms with Crippen molar-refractivity contribution in [2.75, 3.05) is 23.4 Å². The van der Waals surface area contributed by atoms with Crippen LogP contribution in [-0.4, -0.2) is 30.9 Å². The molecule has 7 nitrogen and oxygen atoms in total. The average Bonchev–Trinajstić information content (AvgIpc) is 2.84. The Balaban J connectivity index is 1.27. The smallest absolute Gasteiger partial charge is 0.311 e. The number of hydrogen-bond acceptors (Lipinski definition) is 5. The van der Waals surface area contributed by atoms with Crippen molar-refractivity contribution in [1.29, 1.82) is 0 Å². The van der Waals surface area contributed by atoms with Crippen molar-refractivity contribution in [3.63, 3.8) is 0 Å². The van der Waals surface area contributed by atoms with Crippen LogP contribution in [0.5, 0.6) is 11.5 Å². The quantitative estimate of drug-likeness (QED) is 0.471. The van der Waals surface area contributed by atoms with E-state index in [0.29, 0.717) is 41.6 Å². The molecule has 0 radical (unpaired) electrons. The van der Waals surface area contributed by atoms with Gasteiger partial charge in [-0.3, -0.25) is 14.4 Å². The predicted molar refractivity (Wildman–Crippen MR) is 120 cm³/mol. The van der Waals surface area contributed by atoms with Crippen LogP contribution < -0.4 is 19.7 Å². The summed E-state index contributed by atoms with van der Waals surface area (Å²) in [5.74, 6) is 0.127. The van der Waals surface area contributed by atoms with Crippen molar-refractivity contribution < 1.29 is 23.9 Å². The maximum absolute atomic E-state index is 12.6. The van der Waals surface area contributed by atoms with Crippen molar-refractivity contribution in [2.45, 2.75) is 12.8 Å². The number of nitrogens with one attached hydrogen (secondary N) is 1. The fourth-order valence-electron chi connectivity index (χ4n) is 3.35. The van der Waals surface area contributed by atoms with E-state index in [9.17, 15) is 14.4 Å². The normalized spacial score (nSPS) is 12.3. The van der Waals surface area contributed by atoms with E-state index in [1.807, 2.05) is 30.3 Å². The zero-order valence-corrected chi connectivity index (χ0v) is 17.3. The van der Waals surface area contributed by atoms with Gasteiger partial charge in [0.15, 0.2) is 0 Å². The second-order valence-corrected chi connectivity index (χ2v) is 7.18. The van der Waals surface area contributed by atoms with Crippen LogP contribution in [0.3, 0.4) is 0 Å². The first-order valence-corrected chi connectivity index (χ1v) is 10.3. The first-order valence-electron chi connectivity index (χ1n) is 10.3. The Labute approximate surface area is 185 Å². The SMILES string of the molecule is O=C(CCC(=O)N1CCOc2ccccc21)Oc1ccc(NC(=O)c2ccccc2)cc1. The molecule has 32 heavy (non-hydrogen) atoms. The number of esters is 1. The molecule has 1 aliphatic rings. The predicted octanol–water partition coefficient (Wildman–Crippen LogP) is 4.05. The molecule has 1 N–H and O–H groups in total. The summed E-state index contributed by atoms with van der Waals surface area (Å²) in [5.41, 5.74) is 1.85. The molecule has 0 atom stereocenters. The molecule has 162 valence electrons. The summed E-state index contributed by atoms with van der Waals surface area (Å²) in [6.45, 7) is 0.863. The number of ether oxygens (including phenoxy) is 2. The van der Waals surface area contributed by atoms with E-state index in [1.54, 1.807) is 53.4 Å². The van der Waals surface area contributed by atoms with Crippen LogP contribution in [0.15, 0.2) is 78.9 Å². The van der Waals surface area contributed by atoms with Crippen LogP contribution in [-0.2, 0) is 9.59 Å². The molecule has 0 aliphatic carbocycles. The summed E-state index contributed by atoms with van der Waals surface area (Å²) in [6.07, 6.45) is 0.00321. The van der Waals surface area contributed by atoms with Gasteiger partial charge < -0.3 is 19.7 Å². The molecule has 1 heterocycles. The summed E-state index contributed by atoms with van der Waals surface area (Å²) < 4.78 is 10.9. The molecule has 7 heteroatoms. The van der Waals surface area contributed by atoms with Crippen LogP contribution >= 0.6 is 0 Å². The number of benzene rings is 3. The van der Waals surface area contributed by atoms with Crippen LogP contribution in [0.2, 0.25) is 0 Å². The van der Waals surface area contributed by atoms with E-state index >= 15 is 0 Å². The van der Waals surface area contributed by atoms with Crippen LogP contribution in [0.1, 0.15) is 23.2 Å². The number of carbonyl (C=O) groups excluding carboxylic acids is 3. The number of rotatable bonds is 6. The lowest BCUT2D eigenvalue weighted by atomic mass is 10.2. The Morgan fingerprint density at radius 3 is 2.38 bits per heavy atom. The summed E-state index contributed by atoms with van der Waals surface area (Å²) in [7, 11) is 0. The minimum absolute atomic E-state index is 0.0369. The number of anilines is 2. The molecule has 0 saturated heterocycles. The molecule has 2 amide bonds. The number of fused-ring (bicyclic) bond motifs is 1. The van der Waals surface area contributed by atoms with Gasteiger partial charge in [0, 0.05) is 17.7 Å². The minimum atomic E-state index is -0.499. The van der Waals surface area contributed by atoms with Gasteiger partial charge in [-0.15, -0.1) is 0 Å². The van der Waals surface area contributed by atoms with Gasteiger partial charge in [-0.25, -0.2) is 0 Å². The summed E-state index contributed by atoms with van der Waals surface area (Å²) >= 11 is 0. The Morgan fingerprint density at radius 2 is 1.59 bits per heavy atom. The number of amides is 2. The minimum Gasteiger partial charge on any atom is -0.490 e. The van der Waals surface area contributed by atoms with Gasteiger partial charge in [-0.2, -0.15) is 0 Å². The highest BCUT2D eigenvalue weighted by molar-refractivity contribution is 6.04. The average molecular weight is 430 g/mol. The van der Waals surface area contributed by atoms with E-state index < -0.39 is 5.97 Å². The van der Waals surface area contributed by atoms with E-state index in [1.165, 1.54) is 0 Å². The fraction of sp³-hybridized carbons (Fsp3) is 0.160. The molecule has 3 aromatic rings. The third-order valence-corrected chi connectivity index (χ3v) is 4.95. The first-order chi connectivity index (χ1) is 15.6. The number of hydrogen-bond donors (Lipinski definition) is 1. The Bertz CT molecular complexity index is 1110. The Morgan fingerprint density at radius 1 is 0.875 bits per heavy atom. The lowest BCUT2D eigenvalue weighted by Gasteiger charge is -2.29. The highest BCUT2D eigenvalue weighted by atomic mass is 16.5. The van der Waals surface area contributed by atoms with Gasteiger partial charge >= 0.3 is 5.97 Å². The molecular weight excluding hydrogens is 408 g/mol. The molecule has 0 saturated carbocycles. The van der Waals surface area contributed by atoms with Gasteiger partial charge in [-0.05, 0) is 48.5 Å². The molecule has 0 unspecified atom stereocenters. The molecule has 0 bridgehead atoms. The maximum atomic E-state index is 12.6. The van der Waals surface area contributed by atoms with Gasteiger partial charge in [0.25, 0.3) is 5.91 Å². The first kappa shape index (κ1) is 21.1. The highest BCUT2D eigenvalue weighted by Gasteiger charge is 2.23. The number of nitrogens with zero attached hydrogens (tertiary/aromatic N) is 1. The van der Waals surface area contributed by atoms with Gasteiger partial charge in [0.2, 0.25) is 5.91 Å². The lowest BCUT2D eigenvalue weighted by molar-refractivity contribution is -0.136. The zero-order chi connectivity index (χ0) is 22.3. The Kier molecular flexibility index (Phi) is 6.46. The Hall–Kier alpha value is -4.13. The van der Waals surface area contributed by atoms with Crippen molar-refractivity contribution in [2.24, 2.45) is 0 Å². The molecule has 4 rings (SSSR count). The zero-order valence-electron chi connectivity index (χ0n) is 17.3.